The summed E-state index contributed by atoms with van der Waals surface area (Å²) in [6.45, 7) is 10.0. The van der Waals surface area contributed by atoms with Crippen LogP contribution in [0, 0.1) is 0 Å². The molecule has 4 N–H and O–H groups in total. The lowest BCUT2D eigenvalue weighted by molar-refractivity contribution is -0.147. The number of carbonyl (C=O) groups excluding carboxylic acids is 4. The number of benzene rings is 2. The molecule has 41 heavy (non-hydrogen) atoms. The quantitative estimate of drug-likeness (QED) is 0.262. The summed E-state index contributed by atoms with van der Waals surface area (Å²) in [6.07, 6.45) is 1.37. The fourth-order valence-electron chi connectivity index (χ4n) is 4.24. The highest BCUT2D eigenvalue weighted by Gasteiger charge is 2.35. The van der Waals surface area contributed by atoms with Crippen LogP contribution in [0.1, 0.15) is 52.7 Å². The molecule has 0 fully saturated rings. The van der Waals surface area contributed by atoms with Gasteiger partial charge in [-0.05, 0) is 58.7 Å². The van der Waals surface area contributed by atoms with Gasteiger partial charge in [0.25, 0.3) is 0 Å². The third kappa shape index (κ3) is 9.09. The number of H-pyrrole nitrogens is 1. The van der Waals surface area contributed by atoms with Gasteiger partial charge in [-0.2, -0.15) is 0 Å². The van der Waals surface area contributed by atoms with E-state index in [4.69, 9.17) is 9.47 Å². The Bertz CT molecular complexity index is 1360. The zero-order valence-electron chi connectivity index (χ0n) is 24.5. The van der Waals surface area contributed by atoms with Crippen molar-refractivity contribution in [3.05, 3.63) is 71.9 Å². The van der Waals surface area contributed by atoms with Gasteiger partial charge in [0.15, 0.2) is 0 Å². The smallest absolute Gasteiger partial charge is 0.408 e. The van der Waals surface area contributed by atoms with Crippen LogP contribution in [-0.2, 0) is 36.7 Å². The van der Waals surface area contributed by atoms with Crippen molar-refractivity contribution in [1.29, 1.82) is 0 Å². The van der Waals surface area contributed by atoms with Gasteiger partial charge in [-0.1, -0.05) is 48.5 Å². The number of aromatic amines is 1. The van der Waals surface area contributed by atoms with Crippen LogP contribution >= 0.6 is 0 Å². The van der Waals surface area contributed by atoms with Gasteiger partial charge in [0.1, 0.15) is 23.2 Å². The van der Waals surface area contributed by atoms with Crippen LogP contribution in [0.2, 0.25) is 0 Å². The van der Waals surface area contributed by atoms with Crippen LogP contribution in [-0.4, -0.2) is 58.7 Å². The number of rotatable bonds is 11. The van der Waals surface area contributed by atoms with E-state index >= 15 is 0 Å². The fourth-order valence-corrected chi connectivity index (χ4v) is 4.24. The molecule has 3 rings (SSSR count). The molecule has 1 aromatic heterocycles. The first-order chi connectivity index (χ1) is 19.3. The normalized spacial score (nSPS) is 13.1. The summed E-state index contributed by atoms with van der Waals surface area (Å²) in [6, 6.07) is 14.8. The molecule has 1 heterocycles. The van der Waals surface area contributed by atoms with Crippen molar-refractivity contribution >= 4 is 34.8 Å². The third-order valence-electron chi connectivity index (χ3n) is 6.27. The Morgan fingerprint density at radius 2 is 1.51 bits per heavy atom. The summed E-state index contributed by atoms with van der Waals surface area (Å²) in [5.74, 6) is -1.74. The Balaban J connectivity index is 1.86. The van der Waals surface area contributed by atoms with E-state index in [1.807, 2.05) is 54.6 Å². The number of nitrogens with one attached hydrogen (secondary N) is 4. The van der Waals surface area contributed by atoms with Gasteiger partial charge >= 0.3 is 12.1 Å². The van der Waals surface area contributed by atoms with Crippen molar-refractivity contribution in [1.82, 2.24) is 20.9 Å². The Hall–Kier alpha value is -4.34. The molecular weight excluding hydrogens is 524 g/mol. The van der Waals surface area contributed by atoms with E-state index in [2.05, 4.69) is 20.9 Å². The Morgan fingerprint density at radius 1 is 0.854 bits per heavy atom. The summed E-state index contributed by atoms with van der Waals surface area (Å²) < 4.78 is 10.5. The fraction of sp³-hybridized carbons (Fsp3) is 0.419. The number of esters is 1. The van der Waals surface area contributed by atoms with E-state index in [9.17, 15) is 19.2 Å². The molecule has 2 atom stereocenters. The molecule has 10 nitrogen and oxygen atoms in total. The predicted molar refractivity (Wildman–Crippen MR) is 156 cm³/mol. The maximum atomic E-state index is 13.7. The maximum Gasteiger partial charge on any atom is 0.408 e. The van der Waals surface area contributed by atoms with Crippen molar-refractivity contribution in [3.8, 4) is 0 Å². The molecule has 3 aromatic rings. The summed E-state index contributed by atoms with van der Waals surface area (Å²) >= 11 is 0. The second-order valence-corrected chi connectivity index (χ2v) is 11.3. The largest absolute Gasteiger partial charge is 0.464 e. The lowest BCUT2D eigenvalue weighted by atomic mass is 10.00. The predicted octanol–water partition coefficient (Wildman–Crippen LogP) is 3.79. The van der Waals surface area contributed by atoms with Gasteiger partial charge in [0, 0.05) is 29.9 Å². The number of hydrogen-bond donors (Lipinski definition) is 4. The molecule has 0 aliphatic rings. The molecule has 0 aliphatic heterocycles. The van der Waals surface area contributed by atoms with E-state index in [-0.39, 0.29) is 19.4 Å². The molecule has 0 radical (unpaired) electrons. The van der Waals surface area contributed by atoms with E-state index in [1.54, 1.807) is 33.9 Å². The lowest BCUT2D eigenvalue weighted by Gasteiger charge is -2.30. The molecule has 0 aliphatic carbocycles. The van der Waals surface area contributed by atoms with E-state index in [0.29, 0.717) is 0 Å². The summed E-state index contributed by atoms with van der Waals surface area (Å²) in [5, 5.41) is 9.04. The van der Waals surface area contributed by atoms with Crippen molar-refractivity contribution in [3.63, 3.8) is 0 Å². The number of para-hydroxylation sites is 1. The summed E-state index contributed by atoms with van der Waals surface area (Å²) in [5.41, 5.74) is 0.356. The van der Waals surface area contributed by atoms with Crippen LogP contribution in [0.15, 0.2) is 60.8 Å². The number of amides is 3. The minimum absolute atomic E-state index is 0.130. The van der Waals surface area contributed by atoms with E-state index in [0.717, 1.165) is 22.0 Å². The van der Waals surface area contributed by atoms with Crippen molar-refractivity contribution in [2.24, 2.45) is 0 Å². The van der Waals surface area contributed by atoms with Gasteiger partial charge in [-0.3, -0.25) is 9.59 Å². The molecule has 0 bridgehead atoms. The first-order valence-electron chi connectivity index (χ1n) is 13.7. The van der Waals surface area contributed by atoms with Crippen molar-refractivity contribution in [2.45, 2.75) is 77.6 Å². The van der Waals surface area contributed by atoms with Crippen LogP contribution < -0.4 is 16.0 Å². The molecule has 2 aromatic carbocycles. The highest BCUT2D eigenvalue weighted by atomic mass is 16.6. The van der Waals surface area contributed by atoms with Gasteiger partial charge in [0.05, 0.1) is 6.61 Å². The lowest BCUT2D eigenvalue weighted by Crippen LogP contribution is -2.60. The van der Waals surface area contributed by atoms with Crippen molar-refractivity contribution in [2.75, 3.05) is 6.61 Å². The minimum Gasteiger partial charge on any atom is -0.464 e. The Labute approximate surface area is 240 Å². The zero-order chi connectivity index (χ0) is 30.2. The minimum atomic E-state index is -1.41. The SMILES string of the molecule is CCOC(=O)[C@H](Cc1ccccc1)NC(=O)C(Cc1c[nH]c2ccccc12)NC(=O)C(C)(C)NC(=O)OC(C)(C)C. The van der Waals surface area contributed by atoms with E-state index < -0.39 is 47.1 Å². The first kappa shape index (κ1) is 31.2. The second kappa shape index (κ2) is 13.3. The standard InChI is InChI=1S/C31H40N4O6/c1-7-40-27(37)25(17-20-13-9-8-10-14-20)33-26(36)24(18-21-19-32-23-16-12-11-15-22(21)23)34-28(38)31(5,6)35-29(39)41-30(2,3)4/h8-16,19,24-25,32H,7,17-18H2,1-6H3,(H,33,36)(H,34,38)(H,35,39)/t24?,25-/m0/s1. The number of ether oxygens (including phenoxy) is 2. The number of alkyl carbamates (subject to hydrolysis) is 1. The van der Waals surface area contributed by atoms with E-state index in [1.165, 1.54) is 13.8 Å². The number of carbonyl (C=O) groups is 4. The highest BCUT2D eigenvalue weighted by molar-refractivity contribution is 5.95. The molecule has 0 spiro atoms. The zero-order valence-corrected chi connectivity index (χ0v) is 24.5. The number of fused-ring (bicyclic) bond motifs is 1. The summed E-state index contributed by atoms with van der Waals surface area (Å²) in [4.78, 5) is 55.6. The molecule has 0 saturated heterocycles. The highest BCUT2D eigenvalue weighted by Crippen LogP contribution is 2.20. The van der Waals surface area contributed by atoms with Crippen LogP contribution in [0.3, 0.4) is 0 Å². The topological polar surface area (TPSA) is 139 Å². The molecule has 220 valence electrons. The second-order valence-electron chi connectivity index (χ2n) is 11.3. The average Bonchev–Trinajstić information content (AvgIpc) is 3.29. The molecule has 1 unspecified atom stereocenters. The molecule has 10 heteroatoms. The van der Waals surface area contributed by atoms with Crippen molar-refractivity contribution < 1.29 is 28.7 Å². The number of hydrogen-bond acceptors (Lipinski definition) is 6. The first-order valence-corrected chi connectivity index (χ1v) is 13.7. The van der Waals surface area contributed by atoms with Gasteiger partial charge in [-0.15, -0.1) is 0 Å². The van der Waals surface area contributed by atoms with Gasteiger partial charge in [0.2, 0.25) is 11.8 Å². The Morgan fingerprint density at radius 3 is 2.17 bits per heavy atom. The van der Waals surface area contributed by atoms with Gasteiger partial charge < -0.3 is 30.4 Å². The third-order valence-corrected chi connectivity index (χ3v) is 6.27. The Kier molecular flexibility index (Phi) is 10.2. The van der Waals surface area contributed by atoms with Crippen LogP contribution in [0.4, 0.5) is 4.79 Å². The van der Waals surface area contributed by atoms with Crippen LogP contribution in [0.25, 0.3) is 10.9 Å². The average molecular weight is 565 g/mol. The molecular formula is C31H40N4O6. The molecule has 0 saturated carbocycles. The summed E-state index contributed by atoms with van der Waals surface area (Å²) in [7, 11) is 0. The number of aromatic nitrogens is 1. The van der Waals surface area contributed by atoms with Crippen LogP contribution in [0.5, 0.6) is 0 Å². The maximum absolute atomic E-state index is 13.7. The molecule has 3 amide bonds. The monoisotopic (exact) mass is 564 g/mol. The van der Waals surface area contributed by atoms with Gasteiger partial charge in [-0.25, -0.2) is 9.59 Å².